The fourth-order valence-electron chi connectivity index (χ4n) is 6.00. The van der Waals surface area contributed by atoms with Crippen LogP contribution in [0, 0.1) is 0 Å². The Labute approximate surface area is 234 Å². The number of benzene rings is 1. The predicted molar refractivity (Wildman–Crippen MR) is 158 cm³/mol. The molecule has 2 saturated heterocycles. The van der Waals surface area contributed by atoms with Crippen molar-refractivity contribution < 1.29 is 9.47 Å². The molecule has 9 nitrogen and oxygen atoms in total. The molecule has 0 saturated carbocycles. The number of morpholine rings is 1. The minimum absolute atomic E-state index is 0.540. The molecule has 4 aromatic rings. The molecule has 2 fully saturated rings. The number of thiophene rings is 1. The van der Waals surface area contributed by atoms with E-state index in [2.05, 4.69) is 50.9 Å². The second kappa shape index (κ2) is 11.9. The van der Waals surface area contributed by atoms with Crippen molar-refractivity contribution in [3.8, 4) is 11.4 Å². The molecule has 0 atom stereocenters. The summed E-state index contributed by atoms with van der Waals surface area (Å²) in [5, 5.41) is 8.37. The van der Waals surface area contributed by atoms with Gasteiger partial charge < -0.3 is 14.4 Å². The van der Waals surface area contributed by atoms with Crippen LogP contribution in [0.25, 0.3) is 32.5 Å². The Bertz CT molecular complexity index is 1390. The second-order valence-corrected chi connectivity index (χ2v) is 12.0. The number of likely N-dealkylation sites (tertiary alicyclic amines) is 1. The quantitative estimate of drug-likeness (QED) is 0.329. The fraction of sp³-hybridized carbons (Fsp3) is 0.552. The molecule has 0 aliphatic carbocycles. The third-order valence-corrected chi connectivity index (χ3v) is 9.17. The van der Waals surface area contributed by atoms with Gasteiger partial charge in [0.05, 0.1) is 41.8 Å². The second-order valence-electron chi connectivity index (χ2n) is 10.9. The molecule has 2 aliphatic rings. The van der Waals surface area contributed by atoms with Crippen molar-refractivity contribution in [3.63, 3.8) is 0 Å². The minimum Gasteiger partial charge on any atom is -0.383 e. The minimum atomic E-state index is 0.540. The van der Waals surface area contributed by atoms with Gasteiger partial charge in [0.1, 0.15) is 0 Å². The van der Waals surface area contributed by atoms with Crippen LogP contribution in [0.2, 0.25) is 0 Å². The van der Waals surface area contributed by atoms with Crippen molar-refractivity contribution in [1.82, 2.24) is 30.0 Å². The zero-order chi connectivity index (χ0) is 26.8. The maximum Gasteiger partial charge on any atom is 0.162 e. The zero-order valence-corrected chi connectivity index (χ0v) is 24.0. The Morgan fingerprint density at radius 2 is 1.97 bits per heavy atom. The number of ether oxygens (including phenoxy) is 2. The van der Waals surface area contributed by atoms with E-state index < -0.39 is 0 Å². The molecule has 0 spiro atoms. The molecule has 2 aliphatic heterocycles. The fourth-order valence-corrected chi connectivity index (χ4v) is 7.16. The summed E-state index contributed by atoms with van der Waals surface area (Å²) in [6.07, 6.45) is 4.26. The van der Waals surface area contributed by atoms with E-state index in [4.69, 9.17) is 19.4 Å². The monoisotopic (exact) mass is 549 g/mol. The highest BCUT2D eigenvalue weighted by Gasteiger charge is 2.27. The molecule has 0 unspecified atom stereocenters. The Balaban J connectivity index is 1.25. The third kappa shape index (κ3) is 5.67. The van der Waals surface area contributed by atoms with E-state index in [1.54, 1.807) is 7.11 Å². The normalized spacial score (nSPS) is 17.8. The number of H-pyrrole nitrogens is 1. The largest absolute Gasteiger partial charge is 0.383 e. The number of nitrogens with one attached hydrogen (secondary N) is 1. The Hall–Kier alpha value is -2.63. The molecule has 208 valence electrons. The number of hydrogen-bond donors (Lipinski definition) is 1. The van der Waals surface area contributed by atoms with E-state index in [-0.39, 0.29) is 0 Å². The van der Waals surface area contributed by atoms with Crippen LogP contribution in [-0.2, 0) is 16.0 Å². The van der Waals surface area contributed by atoms with Crippen LogP contribution in [0.15, 0.2) is 30.5 Å². The molecule has 1 N–H and O–H groups in total. The topological polar surface area (TPSA) is 82.6 Å². The van der Waals surface area contributed by atoms with Crippen LogP contribution < -0.4 is 4.90 Å². The summed E-state index contributed by atoms with van der Waals surface area (Å²) in [6.45, 7) is 12.7. The summed E-state index contributed by atoms with van der Waals surface area (Å²) in [5.74, 6) is 1.78. The average Bonchev–Trinajstić information content (AvgIpc) is 3.60. The summed E-state index contributed by atoms with van der Waals surface area (Å²) in [4.78, 5) is 19.2. The lowest BCUT2D eigenvalue weighted by Crippen LogP contribution is -2.48. The van der Waals surface area contributed by atoms with Gasteiger partial charge in [0, 0.05) is 74.3 Å². The molecular weight excluding hydrogens is 510 g/mol. The lowest BCUT2D eigenvalue weighted by atomic mass is 10.0. The van der Waals surface area contributed by atoms with Gasteiger partial charge in [-0.2, -0.15) is 5.10 Å². The molecule has 3 aromatic heterocycles. The first-order chi connectivity index (χ1) is 19.1. The summed E-state index contributed by atoms with van der Waals surface area (Å²) < 4.78 is 12.2. The van der Waals surface area contributed by atoms with E-state index in [9.17, 15) is 0 Å². The summed E-state index contributed by atoms with van der Waals surface area (Å²) in [7, 11) is 1.79. The number of fused-ring (bicyclic) bond motifs is 2. The Morgan fingerprint density at radius 3 is 2.74 bits per heavy atom. The number of anilines is 1. The van der Waals surface area contributed by atoms with Gasteiger partial charge in [-0.3, -0.25) is 14.9 Å². The number of methoxy groups -OCH3 is 1. The highest BCUT2D eigenvalue weighted by atomic mass is 32.1. The predicted octanol–water partition coefficient (Wildman–Crippen LogP) is 4.39. The highest BCUT2D eigenvalue weighted by Crippen LogP contribution is 2.36. The van der Waals surface area contributed by atoms with E-state index in [1.807, 2.05) is 29.7 Å². The van der Waals surface area contributed by atoms with Gasteiger partial charge >= 0.3 is 0 Å². The van der Waals surface area contributed by atoms with E-state index in [1.165, 1.54) is 22.4 Å². The van der Waals surface area contributed by atoms with Gasteiger partial charge in [-0.25, -0.2) is 9.97 Å². The first kappa shape index (κ1) is 26.6. The molecule has 39 heavy (non-hydrogen) atoms. The highest BCUT2D eigenvalue weighted by molar-refractivity contribution is 7.19. The SMILES string of the molecule is COCCN(C(C)C)C1CCN(Cc2cc3nc(-c4cccc5[nH]ncc45)nc(N4CCOCC4)c3s2)CC1. The van der Waals surface area contributed by atoms with Crippen molar-refractivity contribution in [3.05, 3.63) is 35.3 Å². The van der Waals surface area contributed by atoms with Crippen LogP contribution in [0.5, 0.6) is 0 Å². The van der Waals surface area contributed by atoms with Crippen LogP contribution in [0.3, 0.4) is 0 Å². The number of aromatic nitrogens is 4. The molecule has 0 radical (unpaired) electrons. The lowest BCUT2D eigenvalue weighted by molar-refractivity contribution is 0.0569. The number of aromatic amines is 1. The van der Waals surface area contributed by atoms with Crippen molar-refractivity contribution in [2.24, 2.45) is 0 Å². The van der Waals surface area contributed by atoms with Gasteiger partial charge in [-0.1, -0.05) is 12.1 Å². The average molecular weight is 550 g/mol. The van der Waals surface area contributed by atoms with Gasteiger partial charge in [0.25, 0.3) is 0 Å². The number of piperidine rings is 1. The lowest BCUT2D eigenvalue weighted by Gasteiger charge is -2.40. The molecule has 6 rings (SSSR count). The van der Waals surface area contributed by atoms with Gasteiger partial charge in [-0.05, 0) is 38.8 Å². The van der Waals surface area contributed by atoms with Gasteiger partial charge in [0.2, 0.25) is 0 Å². The summed E-state index contributed by atoms with van der Waals surface area (Å²) >= 11 is 1.85. The molecule has 0 bridgehead atoms. The van der Waals surface area contributed by atoms with Crippen molar-refractivity contribution >= 4 is 38.3 Å². The van der Waals surface area contributed by atoms with Crippen molar-refractivity contribution in [2.45, 2.75) is 45.3 Å². The number of rotatable bonds is 9. The molecular formula is C29H39N7O2S. The van der Waals surface area contributed by atoms with Crippen LogP contribution in [0.4, 0.5) is 5.82 Å². The van der Waals surface area contributed by atoms with E-state index in [0.717, 1.165) is 92.7 Å². The van der Waals surface area contributed by atoms with Crippen LogP contribution in [0.1, 0.15) is 31.6 Å². The number of nitrogens with zero attached hydrogens (tertiary/aromatic N) is 6. The standard InChI is InChI=1S/C29H39N7O2S/c1-20(2)36(13-14-37-3)21-7-9-34(10-8-21)19-22-17-26-27(39-22)29(35-11-15-38-16-12-35)32-28(31-26)23-5-4-6-25-24(23)18-30-33-25/h4-6,17-18,20-21H,7-16,19H2,1-3H3,(H,30,33). The molecule has 10 heteroatoms. The molecule has 1 aromatic carbocycles. The molecule has 0 amide bonds. The maximum atomic E-state index is 5.65. The van der Waals surface area contributed by atoms with Crippen LogP contribution >= 0.6 is 11.3 Å². The Morgan fingerprint density at radius 1 is 1.15 bits per heavy atom. The van der Waals surface area contributed by atoms with E-state index >= 15 is 0 Å². The van der Waals surface area contributed by atoms with E-state index in [0.29, 0.717) is 12.1 Å². The van der Waals surface area contributed by atoms with Crippen LogP contribution in [-0.4, -0.2) is 102 Å². The molecule has 5 heterocycles. The van der Waals surface area contributed by atoms with Crippen molar-refractivity contribution in [1.29, 1.82) is 0 Å². The number of hydrogen-bond acceptors (Lipinski definition) is 9. The first-order valence-corrected chi connectivity index (χ1v) is 14.9. The van der Waals surface area contributed by atoms with Gasteiger partial charge in [-0.15, -0.1) is 11.3 Å². The summed E-state index contributed by atoms with van der Waals surface area (Å²) in [6, 6.07) is 9.62. The first-order valence-electron chi connectivity index (χ1n) is 14.1. The van der Waals surface area contributed by atoms with Crippen molar-refractivity contribution in [2.75, 3.05) is 64.6 Å². The summed E-state index contributed by atoms with van der Waals surface area (Å²) in [5.41, 5.74) is 3.04. The third-order valence-electron chi connectivity index (χ3n) is 8.06. The van der Waals surface area contributed by atoms with Gasteiger partial charge in [0.15, 0.2) is 11.6 Å². The maximum absolute atomic E-state index is 5.65. The smallest absolute Gasteiger partial charge is 0.162 e. The zero-order valence-electron chi connectivity index (χ0n) is 23.2. The Kier molecular flexibility index (Phi) is 8.08.